The van der Waals surface area contributed by atoms with E-state index in [1.54, 1.807) is 6.07 Å². The van der Waals surface area contributed by atoms with Crippen LogP contribution in [0.3, 0.4) is 0 Å². The van der Waals surface area contributed by atoms with Crippen LogP contribution in [0.4, 0.5) is 4.79 Å². The van der Waals surface area contributed by atoms with Gasteiger partial charge in [0, 0.05) is 52.6 Å². The Morgan fingerprint density at radius 2 is 1.79 bits per heavy atom. The fraction of sp³-hybridized carbons (Fsp3) is 0.259. The molecule has 0 spiro atoms. The molecule has 2 heterocycles. The molecule has 0 amide bonds. The van der Waals surface area contributed by atoms with Gasteiger partial charge < -0.3 is 23.7 Å². The van der Waals surface area contributed by atoms with E-state index in [1.807, 2.05) is 6.07 Å². The van der Waals surface area contributed by atoms with Gasteiger partial charge in [-0.1, -0.05) is 18.2 Å². The van der Waals surface area contributed by atoms with Crippen LogP contribution in [0.5, 0.6) is 11.5 Å². The number of nitrogens with zero attached hydrogens (tertiary/aromatic N) is 3. The van der Waals surface area contributed by atoms with Gasteiger partial charge in [0.1, 0.15) is 5.82 Å². The lowest BCUT2D eigenvalue weighted by Crippen LogP contribution is -2.05. The molecular weight excluding hydrogens is 430 g/mol. The molecule has 7 nitrogen and oxygen atoms in total. The van der Waals surface area contributed by atoms with Gasteiger partial charge in [0.15, 0.2) is 11.5 Å². The maximum Gasteiger partial charge on any atom is 0.511 e. The highest BCUT2D eigenvalue weighted by molar-refractivity contribution is 6.09. The normalized spacial score (nSPS) is 13.7. The molecule has 1 fully saturated rings. The zero-order valence-electron chi connectivity index (χ0n) is 19.1. The second-order valence-electron chi connectivity index (χ2n) is 8.84. The number of ether oxygens (including phenoxy) is 2. The number of hydrogen-bond donors (Lipinski definition) is 1. The highest BCUT2D eigenvalue weighted by Gasteiger charge is 2.26. The van der Waals surface area contributed by atoms with Crippen molar-refractivity contribution in [1.29, 1.82) is 0 Å². The molecule has 0 saturated heterocycles. The van der Waals surface area contributed by atoms with Crippen molar-refractivity contribution in [2.75, 3.05) is 7.11 Å². The summed E-state index contributed by atoms with van der Waals surface area (Å²) < 4.78 is 15.0. The molecule has 0 atom stereocenters. The summed E-state index contributed by atoms with van der Waals surface area (Å²) in [5.74, 6) is 2.01. The van der Waals surface area contributed by atoms with E-state index in [0.29, 0.717) is 17.2 Å². The number of methoxy groups -OCH3 is 1. The molecule has 1 aliphatic carbocycles. The van der Waals surface area contributed by atoms with Crippen molar-refractivity contribution in [1.82, 2.24) is 14.1 Å². The summed E-state index contributed by atoms with van der Waals surface area (Å²) in [6.07, 6.45) is 1.03. The number of hydrogen-bond acceptors (Lipinski definition) is 4. The monoisotopic (exact) mass is 455 g/mol. The molecule has 1 aliphatic rings. The van der Waals surface area contributed by atoms with Crippen LogP contribution in [-0.4, -0.2) is 32.5 Å². The molecule has 7 heteroatoms. The third kappa shape index (κ3) is 3.27. The third-order valence-electron chi connectivity index (χ3n) is 6.72. The van der Waals surface area contributed by atoms with Gasteiger partial charge in [-0.05, 0) is 49.9 Å². The Balaban J connectivity index is 1.58. The summed E-state index contributed by atoms with van der Waals surface area (Å²) in [6, 6.07) is 18.5. The van der Waals surface area contributed by atoms with E-state index in [4.69, 9.17) is 19.6 Å². The highest BCUT2D eigenvalue weighted by Crippen LogP contribution is 2.39. The molecule has 34 heavy (non-hydrogen) atoms. The van der Waals surface area contributed by atoms with Crippen molar-refractivity contribution in [3.8, 4) is 22.9 Å². The third-order valence-corrected chi connectivity index (χ3v) is 6.72. The minimum atomic E-state index is -1.38. The summed E-state index contributed by atoms with van der Waals surface area (Å²) in [5.41, 5.74) is 5.05. The van der Waals surface area contributed by atoms with E-state index >= 15 is 0 Å². The van der Waals surface area contributed by atoms with Crippen LogP contribution >= 0.6 is 0 Å². The van der Waals surface area contributed by atoms with Gasteiger partial charge in [-0.15, -0.1) is 0 Å². The van der Waals surface area contributed by atoms with E-state index in [2.05, 4.69) is 58.5 Å². The summed E-state index contributed by atoms with van der Waals surface area (Å²) in [5, 5.41) is 11.6. The lowest BCUT2D eigenvalue weighted by molar-refractivity contribution is 0.143. The Morgan fingerprint density at radius 1 is 1.00 bits per heavy atom. The average Bonchev–Trinajstić information content (AvgIpc) is 3.51. The molecule has 0 bridgehead atoms. The molecule has 0 aliphatic heterocycles. The van der Waals surface area contributed by atoms with Crippen LogP contribution < -0.4 is 9.47 Å². The fourth-order valence-electron chi connectivity index (χ4n) is 4.96. The highest BCUT2D eigenvalue weighted by atomic mass is 16.7. The van der Waals surface area contributed by atoms with Crippen LogP contribution in [0.1, 0.15) is 19.8 Å². The molecule has 0 unspecified atom stereocenters. The van der Waals surface area contributed by atoms with Crippen LogP contribution in [0, 0.1) is 5.92 Å². The maximum absolute atomic E-state index is 11.2. The Labute approximate surface area is 196 Å². The lowest BCUT2D eigenvalue weighted by atomic mass is 10.1. The van der Waals surface area contributed by atoms with E-state index in [9.17, 15) is 4.79 Å². The van der Waals surface area contributed by atoms with Crippen molar-refractivity contribution >= 4 is 39.0 Å². The van der Waals surface area contributed by atoms with Crippen molar-refractivity contribution in [2.45, 2.75) is 32.9 Å². The van der Waals surface area contributed by atoms with Gasteiger partial charge in [-0.2, -0.15) is 0 Å². The minimum absolute atomic E-state index is 0.145. The van der Waals surface area contributed by atoms with Crippen LogP contribution in [0.2, 0.25) is 0 Å². The first-order valence-corrected chi connectivity index (χ1v) is 11.6. The number of aryl methyl sites for hydroxylation is 1. The number of imidazole rings is 1. The van der Waals surface area contributed by atoms with Crippen LogP contribution in [-0.2, 0) is 13.1 Å². The van der Waals surface area contributed by atoms with E-state index in [0.717, 1.165) is 30.0 Å². The number of rotatable bonds is 6. The Bertz CT molecular complexity index is 1580. The zero-order chi connectivity index (χ0) is 23.4. The van der Waals surface area contributed by atoms with Crippen LogP contribution in [0.25, 0.3) is 44.2 Å². The zero-order valence-corrected chi connectivity index (χ0v) is 19.1. The van der Waals surface area contributed by atoms with Gasteiger partial charge in [-0.25, -0.2) is 9.78 Å². The summed E-state index contributed by atoms with van der Waals surface area (Å²) in [4.78, 5) is 16.1. The molecule has 6 rings (SSSR count). The average molecular weight is 456 g/mol. The largest absolute Gasteiger partial charge is 0.511 e. The van der Waals surface area contributed by atoms with Crippen molar-refractivity contribution in [3.63, 3.8) is 0 Å². The lowest BCUT2D eigenvalue weighted by Gasteiger charge is -2.11. The molecule has 1 saturated carbocycles. The fourth-order valence-corrected chi connectivity index (χ4v) is 4.96. The maximum atomic E-state index is 11.2. The Morgan fingerprint density at radius 3 is 2.53 bits per heavy atom. The van der Waals surface area contributed by atoms with Crippen molar-refractivity contribution in [3.05, 3.63) is 54.6 Å². The first-order chi connectivity index (χ1) is 16.6. The Kier molecular flexibility index (Phi) is 4.72. The van der Waals surface area contributed by atoms with E-state index < -0.39 is 6.16 Å². The van der Waals surface area contributed by atoms with Gasteiger partial charge >= 0.3 is 6.16 Å². The van der Waals surface area contributed by atoms with Gasteiger partial charge in [0.2, 0.25) is 0 Å². The number of aromatic nitrogens is 3. The van der Waals surface area contributed by atoms with Gasteiger partial charge in [-0.3, -0.25) is 0 Å². The summed E-state index contributed by atoms with van der Waals surface area (Å²) in [6.45, 7) is 3.93. The summed E-state index contributed by atoms with van der Waals surface area (Å²) >= 11 is 0. The van der Waals surface area contributed by atoms with Crippen LogP contribution in [0.15, 0.2) is 54.6 Å². The molecule has 1 N–H and O–H groups in total. The number of benzene rings is 3. The molecule has 5 aromatic rings. The SMILES string of the molecule is CCn1c2ccccc2c2cc(-c3nc4cc(OC(=O)O)c(OC)cc4n3CC3CC3)ccc21. The molecule has 172 valence electrons. The predicted octanol–water partition coefficient (Wildman–Crippen LogP) is 6.31. The topological polar surface area (TPSA) is 78.5 Å². The predicted molar refractivity (Wildman–Crippen MR) is 132 cm³/mol. The van der Waals surface area contributed by atoms with E-state index in [-0.39, 0.29) is 5.75 Å². The molecule has 0 radical (unpaired) electrons. The first kappa shape index (κ1) is 20.6. The molecule has 3 aromatic carbocycles. The quantitative estimate of drug-likeness (QED) is 0.240. The molecular formula is C27H25N3O4. The van der Waals surface area contributed by atoms with Crippen molar-refractivity contribution in [2.24, 2.45) is 5.92 Å². The first-order valence-electron chi connectivity index (χ1n) is 11.6. The number of para-hydroxylation sites is 1. The smallest absolute Gasteiger partial charge is 0.493 e. The second-order valence-corrected chi connectivity index (χ2v) is 8.84. The molecule has 2 aromatic heterocycles. The van der Waals surface area contributed by atoms with Crippen molar-refractivity contribution < 1.29 is 19.4 Å². The van der Waals surface area contributed by atoms with Gasteiger partial charge in [0.05, 0.1) is 18.1 Å². The van der Waals surface area contributed by atoms with E-state index in [1.165, 1.54) is 41.8 Å². The summed E-state index contributed by atoms with van der Waals surface area (Å²) in [7, 11) is 1.51. The van der Waals surface area contributed by atoms with Gasteiger partial charge in [0.25, 0.3) is 0 Å². The minimum Gasteiger partial charge on any atom is -0.493 e. The second kappa shape index (κ2) is 7.80. The number of fused-ring (bicyclic) bond motifs is 4. The Hall–Kier alpha value is -4.00. The number of carboxylic acid groups (broad SMARTS) is 1. The number of carbonyl (C=O) groups is 1. The standard InChI is InChI=1S/C27H25N3O4/c1-3-29-21-7-5-4-6-18(21)19-12-17(10-11-22(19)29)26-28-20-13-25(34-27(31)32)24(33-2)14-23(20)30(26)15-16-8-9-16/h4-7,10-14,16H,3,8-9,15H2,1-2H3,(H,31,32).